The Hall–Kier alpha value is -2.88. The van der Waals surface area contributed by atoms with Gasteiger partial charge in [-0.3, -0.25) is 10.2 Å². The number of hydrazine groups is 1. The number of carbonyl (C=O) groups excluding carboxylic acids is 2. The average Bonchev–Trinajstić information content (AvgIpc) is 3.47. The van der Waals surface area contributed by atoms with Gasteiger partial charge in [0, 0.05) is 52.4 Å². The third-order valence-electron chi connectivity index (χ3n) is 5.68. The SMILES string of the molecule is CN(C)NC(=O)Cc1nc2cc(F)c(N3CCN(C(=O)OC(C)(C)C)CC3)cc2n1C1CC1. The van der Waals surface area contributed by atoms with Gasteiger partial charge in [0.1, 0.15) is 17.2 Å². The molecule has 0 unspecified atom stereocenters. The van der Waals surface area contributed by atoms with Gasteiger partial charge in [0.05, 0.1) is 23.1 Å². The first-order valence-corrected chi connectivity index (χ1v) is 11.4. The number of piperazine rings is 1. The fraction of sp³-hybridized carbons (Fsp3) is 0.609. The molecule has 1 saturated heterocycles. The predicted octanol–water partition coefficient (Wildman–Crippen LogP) is 2.70. The van der Waals surface area contributed by atoms with Crippen LogP contribution in [0.15, 0.2) is 12.1 Å². The molecule has 1 aliphatic carbocycles. The Kier molecular flexibility index (Phi) is 6.22. The van der Waals surface area contributed by atoms with Gasteiger partial charge in [0.15, 0.2) is 0 Å². The van der Waals surface area contributed by atoms with Crippen LogP contribution in [0.4, 0.5) is 14.9 Å². The number of benzene rings is 1. The molecule has 0 spiro atoms. The Balaban J connectivity index is 1.55. The summed E-state index contributed by atoms with van der Waals surface area (Å²) >= 11 is 0. The molecule has 1 aromatic heterocycles. The molecule has 0 atom stereocenters. The molecule has 1 aromatic carbocycles. The minimum Gasteiger partial charge on any atom is -0.444 e. The Morgan fingerprint density at radius 3 is 2.42 bits per heavy atom. The van der Waals surface area contributed by atoms with Crippen molar-refractivity contribution in [3.8, 4) is 0 Å². The van der Waals surface area contributed by atoms with Crippen LogP contribution in [0.2, 0.25) is 0 Å². The molecular weight excluding hydrogens is 427 g/mol. The Morgan fingerprint density at radius 2 is 1.85 bits per heavy atom. The van der Waals surface area contributed by atoms with E-state index in [1.165, 1.54) is 6.07 Å². The standard InChI is InChI=1S/C23H33FN6O3/c1-23(2,3)33-22(32)29-10-8-28(9-11-29)18-13-19-17(12-16(18)24)25-20(30(19)15-6-7-15)14-21(31)26-27(4)5/h12-13,15H,6-11,14H2,1-5H3,(H,26,31). The lowest BCUT2D eigenvalue weighted by atomic mass is 10.2. The number of carbonyl (C=O) groups is 2. The Labute approximate surface area is 193 Å². The lowest BCUT2D eigenvalue weighted by molar-refractivity contribution is -0.124. The molecule has 9 nitrogen and oxygen atoms in total. The van der Waals surface area contributed by atoms with Gasteiger partial charge in [-0.05, 0) is 39.7 Å². The molecule has 1 aliphatic heterocycles. The van der Waals surface area contributed by atoms with Crippen LogP contribution in [0.1, 0.15) is 45.5 Å². The Morgan fingerprint density at radius 1 is 1.18 bits per heavy atom. The fourth-order valence-corrected chi connectivity index (χ4v) is 4.15. The zero-order chi connectivity index (χ0) is 23.9. The van der Waals surface area contributed by atoms with Crippen LogP contribution in [0, 0.1) is 5.82 Å². The van der Waals surface area contributed by atoms with Crippen LogP contribution in [0.3, 0.4) is 0 Å². The van der Waals surface area contributed by atoms with Gasteiger partial charge < -0.3 is 19.1 Å². The molecule has 2 amide bonds. The maximum absolute atomic E-state index is 15.1. The highest BCUT2D eigenvalue weighted by Gasteiger charge is 2.31. The molecule has 4 rings (SSSR count). The summed E-state index contributed by atoms with van der Waals surface area (Å²) in [5, 5.41) is 1.60. The molecular formula is C23H33FN6O3. The predicted molar refractivity (Wildman–Crippen MR) is 124 cm³/mol. The van der Waals surface area contributed by atoms with Gasteiger partial charge in [-0.15, -0.1) is 0 Å². The van der Waals surface area contributed by atoms with Crippen LogP contribution in [-0.2, 0) is 16.0 Å². The second kappa shape index (κ2) is 8.81. The number of amides is 2. The number of anilines is 1. The summed E-state index contributed by atoms with van der Waals surface area (Å²) in [7, 11) is 3.51. The number of nitrogens with one attached hydrogen (secondary N) is 1. The van der Waals surface area contributed by atoms with Crippen molar-refractivity contribution in [1.29, 1.82) is 0 Å². The monoisotopic (exact) mass is 460 g/mol. The average molecular weight is 461 g/mol. The van der Waals surface area contributed by atoms with Gasteiger partial charge in [-0.1, -0.05) is 0 Å². The minimum absolute atomic E-state index is 0.134. The lowest BCUT2D eigenvalue weighted by Gasteiger charge is -2.36. The Bertz CT molecular complexity index is 1050. The van der Waals surface area contributed by atoms with Crippen LogP contribution in [-0.4, -0.2) is 77.3 Å². The first-order chi connectivity index (χ1) is 15.5. The molecule has 180 valence electrons. The van der Waals surface area contributed by atoms with E-state index >= 15 is 4.39 Å². The molecule has 2 aliphatic rings. The van der Waals surface area contributed by atoms with Crippen molar-refractivity contribution < 1.29 is 18.7 Å². The summed E-state index contributed by atoms with van der Waals surface area (Å²) < 4.78 is 22.6. The topological polar surface area (TPSA) is 82.9 Å². The van der Waals surface area contributed by atoms with E-state index in [0.717, 1.165) is 18.4 Å². The number of halogens is 1. The van der Waals surface area contributed by atoms with Gasteiger partial charge in [-0.25, -0.2) is 19.2 Å². The summed E-state index contributed by atoms with van der Waals surface area (Å²) in [4.78, 5) is 32.9. The van der Waals surface area contributed by atoms with Gasteiger partial charge in [-0.2, -0.15) is 0 Å². The first kappa shape index (κ1) is 23.3. The van der Waals surface area contributed by atoms with Crippen molar-refractivity contribution in [1.82, 2.24) is 24.9 Å². The van der Waals surface area contributed by atoms with Gasteiger partial charge in [0.2, 0.25) is 5.91 Å². The maximum Gasteiger partial charge on any atom is 0.410 e. The highest BCUT2D eigenvalue weighted by atomic mass is 19.1. The second-order valence-electron chi connectivity index (χ2n) is 9.98. The highest BCUT2D eigenvalue weighted by molar-refractivity contribution is 5.84. The number of nitrogens with zero attached hydrogens (tertiary/aromatic N) is 5. The zero-order valence-corrected chi connectivity index (χ0v) is 20.0. The van der Waals surface area contributed by atoms with Crippen molar-refractivity contribution >= 4 is 28.7 Å². The van der Waals surface area contributed by atoms with E-state index < -0.39 is 5.60 Å². The number of hydrogen-bond donors (Lipinski definition) is 1. The van der Waals surface area contributed by atoms with Crippen molar-refractivity contribution in [2.75, 3.05) is 45.2 Å². The highest BCUT2D eigenvalue weighted by Crippen LogP contribution is 2.40. The van der Waals surface area contributed by atoms with Crippen LogP contribution < -0.4 is 10.3 Å². The number of imidazole rings is 1. The normalized spacial score (nSPS) is 17.1. The summed E-state index contributed by atoms with van der Waals surface area (Å²) in [6, 6.07) is 3.59. The van der Waals surface area contributed by atoms with E-state index in [9.17, 15) is 9.59 Å². The van der Waals surface area contributed by atoms with Gasteiger partial charge in [0.25, 0.3) is 0 Å². The third-order valence-corrected chi connectivity index (χ3v) is 5.68. The fourth-order valence-electron chi connectivity index (χ4n) is 4.15. The molecule has 1 saturated carbocycles. The second-order valence-corrected chi connectivity index (χ2v) is 9.98. The molecule has 2 aromatic rings. The molecule has 10 heteroatoms. The molecule has 0 bridgehead atoms. The van der Waals surface area contributed by atoms with Gasteiger partial charge >= 0.3 is 6.09 Å². The van der Waals surface area contributed by atoms with Crippen molar-refractivity contribution in [3.05, 3.63) is 23.8 Å². The minimum atomic E-state index is -0.548. The molecule has 33 heavy (non-hydrogen) atoms. The van der Waals surface area contributed by atoms with Crippen molar-refractivity contribution in [3.63, 3.8) is 0 Å². The summed E-state index contributed by atoms with van der Waals surface area (Å²) in [6.07, 6.45) is 1.84. The van der Waals surface area contributed by atoms with Crippen LogP contribution >= 0.6 is 0 Å². The van der Waals surface area contributed by atoms with E-state index in [0.29, 0.717) is 49.2 Å². The van der Waals surface area contributed by atoms with E-state index in [4.69, 9.17) is 4.74 Å². The molecule has 0 radical (unpaired) electrons. The number of hydrogen-bond acceptors (Lipinski definition) is 6. The summed E-state index contributed by atoms with van der Waals surface area (Å²) in [6.45, 7) is 7.47. The van der Waals surface area contributed by atoms with E-state index in [-0.39, 0.29) is 24.2 Å². The molecule has 1 N–H and O–H groups in total. The maximum atomic E-state index is 15.1. The number of ether oxygens (including phenoxy) is 1. The third kappa shape index (κ3) is 5.38. The lowest BCUT2D eigenvalue weighted by Crippen LogP contribution is -2.50. The number of aromatic nitrogens is 2. The van der Waals surface area contributed by atoms with E-state index in [1.807, 2.05) is 31.7 Å². The van der Waals surface area contributed by atoms with E-state index in [1.54, 1.807) is 24.0 Å². The quantitative estimate of drug-likeness (QED) is 0.691. The zero-order valence-electron chi connectivity index (χ0n) is 20.0. The molecule has 2 fully saturated rings. The van der Waals surface area contributed by atoms with Crippen LogP contribution in [0.5, 0.6) is 0 Å². The number of rotatable bonds is 5. The van der Waals surface area contributed by atoms with Crippen molar-refractivity contribution in [2.45, 2.75) is 51.7 Å². The smallest absolute Gasteiger partial charge is 0.410 e. The van der Waals surface area contributed by atoms with Crippen molar-refractivity contribution in [2.24, 2.45) is 0 Å². The van der Waals surface area contributed by atoms with Crippen LogP contribution in [0.25, 0.3) is 11.0 Å². The van der Waals surface area contributed by atoms with E-state index in [2.05, 4.69) is 15.0 Å². The largest absolute Gasteiger partial charge is 0.444 e. The number of fused-ring (bicyclic) bond motifs is 1. The summed E-state index contributed by atoms with van der Waals surface area (Å²) in [5.41, 5.74) is 4.09. The molecule has 2 heterocycles. The first-order valence-electron chi connectivity index (χ1n) is 11.4. The summed E-state index contributed by atoms with van der Waals surface area (Å²) in [5.74, 6) is 0.146.